The summed E-state index contributed by atoms with van der Waals surface area (Å²) in [5.74, 6) is 0. The summed E-state index contributed by atoms with van der Waals surface area (Å²) in [7, 11) is 2.06. The fourth-order valence-corrected chi connectivity index (χ4v) is 2.14. The van der Waals surface area contributed by atoms with E-state index in [4.69, 9.17) is 5.73 Å². The summed E-state index contributed by atoms with van der Waals surface area (Å²) in [6.07, 6.45) is 0. The zero-order chi connectivity index (χ0) is 11.5. The Bertz CT molecular complexity index is 366. The molecule has 4 nitrogen and oxygen atoms in total. The largest absolute Gasteiger partial charge is 0.351 e. The first-order chi connectivity index (χ1) is 7.68. The van der Waals surface area contributed by atoms with Crippen LogP contribution in [-0.4, -0.2) is 42.5 Å². The predicted octanol–water partition coefficient (Wildman–Crippen LogP) is 1.05. The lowest BCUT2D eigenvalue weighted by molar-refractivity contribution is 0.114. The van der Waals surface area contributed by atoms with Crippen molar-refractivity contribution in [1.29, 1.82) is 0 Å². The Morgan fingerprint density at radius 3 is 2.62 bits per heavy atom. The van der Waals surface area contributed by atoms with Crippen LogP contribution in [0.3, 0.4) is 0 Å². The molecule has 0 saturated carbocycles. The predicted molar refractivity (Wildman–Crippen MR) is 63.0 cm³/mol. The quantitative estimate of drug-likeness (QED) is 0.767. The lowest BCUT2D eigenvalue weighted by Gasteiger charge is -2.39. The Morgan fingerprint density at radius 2 is 2.00 bits per heavy atom. The van der Waals surface area contributed by atoms with Crippen LogP contribution in [-0.2, 0) is 0 Å². The number of hydrogen-bond donors (Lipinski definition) is 1. The minimum Gasteiger partial charge on any atom is -0.351 e. The molecule has 4 heteroatoms. The third-order valence-corrected chi connectivity index (χ3v) is 3.05. The number of nitrogens with zero attached hydrogens (tertiary/aromatic N) is 2. The van der Waals surface area contributed by atoms with Crippen LogP contribution in [0.4, 0.5) is 4.79 Å². The van der Waals surface area contributed by atoms with E-state index >= 15 is 0 Å². The van der Waals surface area contributed by atoms with Crippen LogP contribution in [0.25, 0.3) is 0 Å². The van der Waals surface area contributed by atoms with Crippen LogP contribution < -0.4 is 5.73 Å². The molecule has 1 atom stereocenters. The van der Waals surface area contributed by atoms with Gasteiger partial charge in [0.25, 0.3) is 0 Å². The fraction of sp³-hybridized carbons (Fsp3) is 0.417. The third kappa shape index (κ3) is 2.17. The van der Waals surface area contributed by atoms with Gasteiger partial charge in [0, 0.05) is 19.6 Å². The van der Waals surface area contributed by atoms with E-state index in [1.54, 1.807) is 4.90 Å². The number of hydrogen-bond acceptors (Lipinski definition) is 2. The van der Waals surface area contributed by atoms with E-state index < -0.39 is 0 Å². The van der Waals surface area contributed by atoms with Crippen molar-refractivity contribution in [2.24, 2.45) is 5.73 Å². The number of urea groups is 1. The maximum absolute atomic E-state index is 11.4. The fourth-order valence-electron chi connectivity index (χ4n) is 2.14. The van der Waals surface area contributed by atoms with E-state index in [0.29, 0.717) is 6.54 Å². The number of piperazine rings is 1. The zero-order valence-corrected chi connectivity index (χ0v) is 9.47. The van der Waals surface area contributed by atoms with Crippen molar-refractivity contribution in [1.82, 2.24) is 9.80 Å². The second kappa shape index (κ2) is 4.53. The number of benzene rings is 1. The van der Waals surface area contributed by atoms with Crippen molar-refractivity contribution in [2.75, 3.05) is 26.7 Å². The minimum atomic E-state index is -0.332. The number of carbonyl (C=O) groups is 1. The first-order valence-electron chi connectivity index (χ1n) is 5.48. The number of rotatable bonds is 1. The second-order valence-corrected chi connectivity index (χ2v) is 4.22. The van der Waals surface area contributed by atoms with E-state index in [2.05, 4.69) is 11.9 Å². The first-order valence-corrected chi connectivity index (χ1v) is 5.48. The molecule has 1 aromatic carbocycles. The molecule has 0 aromatic heterocycles. The van der Waals surface area contributed by atoms with Crippen LogP contribution in [0.15, 0.2) is 30.3 Å². The van der Waals surface area contributed by atoms with Gasteiger partial charge in [0.1, 0.15) is 0 Å². The Balaban J connectivity index is 2.24. The van der Waals surface area contributed by atoms with E-state index in [1.807, 2.05) is 30.3 Å². The molecular formula is C12H17N3O. The lowest BCUT2D eigenvalue weighted by Crippen LogP contribution is -2.51. The number of carbonyl (C=O) groups excluding carboxylic acids is 1. The van der Waals surface area contributed by atoms with Crippen molar-refractivity contribution in [3.05, 3.63) is 35.9 Å². The molecule has 1 unspecified atom stereocenters. The number of nitrogens with two attached hydrogens (primary N) is 1. The Kier molecular flexibility index (Phi) is 3.10. The lowest BCUT2D eigenvalue weighted by atomic mass is 10.0. The summed E-state index contributed by atoms with van der Waals surface area (Å²) in [4.78, 5) is 15.3. The summed E-state index contributed by atoms with van der Waals surface area (Å²) in [6, 6.07) is 9.79. The number of amides is 2. The molecule has 1 heterocycles. The van der Waals surface area contributed by atoms with Crippen molar-refractivity contribution in [3.8, 4) is 0 Å². The van der Waals surface area contributed by atoms with Gasteiger partial charge in [-0.1, -0.05) is 30.3 Å². The zero-order valence-electron chi connectivity index (χ0n) is 9.47. The number of likely N-dealkylation sites (N-methyl/N-ethyl adjacent to an activating group) is 1. The molecule has 0 bridgehead atoms. The highest BCUT2D eigenvalue weighted by molar-refractivity contribution is 5.72. The average Bonchev–Trinajstić information content (AvgIpc) is 2.29. The standard InChI is InChI=1S/C12H17N3O/c1-14-7-8-15(12(13)16)11(9-14)10-5-3-2-4-6-10/h2-6,11H,7-9H2,1H3,(H2,13,16). The van der Waals surface area contributed by atoms with Gasteiger partial charge in [-0.05, 0) is 12.6 Å². The highest BCUT2D eigenvalue weighted by Crippen LogP contribution is 2.24. The van der Waals surface area contributed by atoms with Gasteiger partial charge in [-0.3, -0.25) is 0 Å². The van der Waals surface area contributed by atoms with Crippen LogP contribution in [0.5, 0.6) is 0 Å². The van der Waals surface area contributed by atoms with Crippen LogP contribution >= 0.6 is 0 Å². The summed E-state index contributed by atoms with van der Waals surface area (Å²) in [5, 5.41) is 0. The SMILES string of the molecule is CN1CCN(C(N)=O)C(c2ccccc2)C1. The van der Waals surface area contributed by atoms with Crippen molar-refractivity contribution in [2.45, 2.75) is 6.04 Å². The Hall–Kier alpha value is -1.55. The van der Waals surface area contributed by atoms with Gasteiger partial charge in [0.05, 0.1) is 6.04 Å². The van der Waals surface area contributed by atoms with E-state index in [1.165, 1.54) is 0 Å². The average molecular weight is 219 g/mol. The Morgan fingerprint density at radius 1 is 1.31 bits per heavy atom. The van der Waals surface area contributed by atoms with Crippen molar-refractivity contribution >= 4 is 6.03 Å². The monoisotopic (exact) mass is 219 g/mol. The molecule has 1 aromatic rings. The molecule has 1 aliphatic rings. The van der Waals surface area contributed by atoms with Crippen molar-refractivity contribution in [3.63, 3.8) is 0 Å². The van der Waals surface area contributed by atoms with E-state index in [-0.39, 0.29) is 12.1 Å². The second-order valence-electron chi connectivity index (χ2n) is 4.22. The molecule has 2 amide bonds. The summed E-state index contributed by atoms with van der Waals surface area (Å²) >= 11 is 0. The highest BCUT2D eigenvalue weighted by Gasteiger charge is 2.28. The smallest absolute Gasteiger partial charge is 0.315 e. The van der Waals surface area contributed by atoms with Crippen LogP contribution in [0, 0.1) is 0 Å². The maximum Gasteiger partial charge on any atom is 0.315 e. The molecule has 1 aliphatic heterocycles. The van der Waals surface area contributed by atoms with E-state index in [9.17, 15) is 4.79 Å². The molecule has 16 heavy (non-hydrogen) atoms. The molecule has 0 spiro atoms. The molecule has 0 radical (unpaired) electrons. The molecule has 86 valence electrons. The summed E-state index contributed by atoms with van der Waals surface area (Å²) in [6.45, 7) is 2.42. The third-order valence-electron chi connectivity index (χ3n) is 3.05. The topological polar surface area (TPSA) is 49.6 Å². The molecular weight excluding hydrogens is 202 g/mol. The van der Waals surface area contributed by atoms with Gasteiger partial charge in [-0.2, -0.15) is 0 Å². The maximum atomic E-state index is 11.4. The number of primary amides is 1. The van der Waals surface area contributed by atoms with Crippen molar-refractivity contribution < 1.29 is 4.79 Å². The van der Waals surface area contributed by atoms with Crippen LogP contribution in [0.1, 0.15) is 11.6 Å². The van der Waals surface area contributed by atoms with E-state index in [0.717, 1.165) is 18.7 Å². The molecule has 2 rings (SSSR count). The van der Waals surface area contributed by atoms with Gasteiger partial charge in [-0.15, -0.1) is 0 Å². The summed E-state index contributed by atoms with van der Waals surface area (Å²) in [5.41, 5.74) is 6.55. The summed E-state index contributed by atoms with van der Waals surface area (Å²) < 4.78 is 0. The first kappa shape index (κ1) is 11.0. The molecule has 2 N–H and O–H groups in total. The normalized spacial score (nSPS) is 22.1. The Labute approximate surface area is 95.6 Å². The molecule has 1 saturated heterocycles. The van der Waals surface area contributed by atoms with Gasteiger partial charge >= 0.3 is 6.03 Å². The minimum absolute atomic E-state index is 0.0810. The van der Waals surface area contributed by atoms with Gasteiger partial charge in [0.2, 0.25) is 0 Å². The molecule has 0 aliphatic carbocycles. The van der Waals surface area contributed by atoms with Gasteiger partial charge in [0.15, 0.2) is 0 Å². The molecule has 1 fully saturated rings. The van der Waals surface area contributed by atoms with Gasteiger partial charge < -0.3 is 15.5 Å². The van der Waals surface area contributed by atoms with Crippen LogP contribution in [0.2, 0.25) is 0 Å². The highest BCUT2D eigenvalue weighted by atomic mass is 16.2. The van der Waals surface area contributed by atoms with Gasteiger partial charge in [-0.25, -0.2) is 4.79 Å².